The van der Waals surface area contributed by atoms with Crippen LogP contribution >= 0.6 is 0 Å². The topological polar surface area (TPSA) is 71.5 Å². The number of carbonyl (C=O) groups is 1. The summed E-state index contributed by atoms with van der Waals surface area (Å²) >= 11 is 0. The molecule has 1 heterocycles. The molecule has 0 fully saturated rings. The number of rotatable bonds is 4. The molecule has 0 aliphatic carbocycles. The van der Waals surface area contributed by atoms with Gasteiger partial charge in [-0.2, -0.15) is 0 Å². The number of nitrogens with zero attached hydrogens (tertiary/aromatic N) is 1. The van der Waals surface area contributed by atoms with Crippen LogP contribution in [0.3, 0.4) is 0 Å². The first kappa shape index (κ1) is 11.0. The van der Waals surface area contributed by atoms with Crippen molar-refractivity contribution in [2.24, 2.45) is 0 Å². The van der Waals surface area contributed by atoms with E-state index in [-0.39, 0.29) is 12.2 Å². The molecular formula is C10H10N2O3. The molecule has 0 bridgehead atoms. The zero-order chi connectivity index (χ0) is 11.3. The molecule has 0 aromatic carbocycles. The molecule has 78 valence electrons. The summed E-state index contributed by atoms with van der Waals surface area (Å²) in [5, 5.41) is 8.84. The fourth-order valence-corrected chi connectivity index (χ4v) is 0.970. The normalized spacial score (nSPS) is 9.33. The highest BCUT2D eigenvalue weighted by Crippen LogP contribution is 2.15. The lowest BCUT2D eigenvalue weighted by atomic mass is 10.2. The number of terminal acetylenes is 1. The molecule has 5 nitrogen and oxygen atoms in total. The predicted molar refractivity (Wildman–Crippen MR) is 54.3 cm³/mol. The fraction of sp³-hybridized carbons (Fsp3) is 0.200. The first-order valence-corrected chi connectivity index (χ1v) is 4.16. The molecule has 0 aliphatic heterocycles. The van der Waals surface area contributed by atoms with E-state index >= 15 is 0 Å². The van der Waals surface area contributed by atoms with E-state index in [4.69, 9.17) is 16.4 Å². The Kier molecular flexibility index (Phi) is 3.66. The van der Waals surface area contributed by atoms with Gasteiger partial charge in [-0.05, 0) is 13.0 Å². The summed E-state index contributed by atoms with van der Waals surface area (Å²) in [6, 6.07) is 1.57. The minimum Gasteiger partial charge on any atom is -0.478 e. The smallest absolute Gasteiger partial charge is 0.339 e. The number of aromatic nitrogens is 1. The van der Waals surface area contributed by atoms with Gasteiger partial charge in [-0.15, -0.1) is 6.42 Å². The lowest BCUT2D eigenvalue weighted by molar-refractivity contribution is 0.0696. The van der Waals surface area contributed by atoms with Gasteiger partial charge >= 0.3 is 5.97 Å². The van der Waals surface area contributed by atoms with Crippen LogP contribution in [0, 0.1) is 19.3 Å². The van der Waals surface area contributed by atoms with Crippen LogP contribution in [-0.4, -0.2) is 22.7 Å². The van der Waals surface area contributed by atoms with Crippen molar-refractivity contribution in [1.82, 2.24) is 4.98 Å². The number of aryl methyl sites for hydroxylation is 1. The average Bonchev–Trinajstić information content (AvgIpc) is 2.18. The van der Waals surface area contributed by atoms with Crippen LogP contribution in [0.15, 0.2) is 12.3 Å². The Morgan fingerprint density at radius 3 is 3.13 bits per heavy atom. The molecule has 0 aliphatic rings. The Labute approximate surface area is 87.0 Å². The Morgan fingerprint density at radius 2 is 2.53 bits per heavy atom. The summed E-state index contributed by atoms with van der Waals surface area (Å²) in [6.45, 7) is 1.80. The molecule has 1 rings (SSSR count). The molecule has 1 aromatic rings. The summed E-state index contributed by atoms with van der Waals surface area (Å²) in [5.41, 5.74) is 3.54. The standard InChI is InChI=1S/C10H10N2O3/c1-3-4-15-12-9-5-7(2)11-6-8(9)10(13)14/h1,5-6H,4H2,2H3,(H,11,12)(H,13,14). The molecule has 0 saturated heterocycles. The Balaban J connectivity index is 2.88. The van der Waals surface area contributed by atoms with Crippen molar-refractivity contribution in [2.45, 2.75) is 6.92 Å². The van der Waals surface area contributed by atoms with Crippen molar-refractivity contribution < 1.29 is 14.7 Å². The predicted octanol–water partition coefficient (Wildman–Crippen LogP) is 1.06. The van der Waals surface area contributed by atoms with Crippen molar-refractivity contribution in [2.75, 3.05) is 12.1 Å². The van der Waals surface area contributed by atoms with E-state index in [1.807, 2.05) is 0 Å². The molecule has 1 aromatic heterocycles. The number of aromatic carboxylic acids is 1. The van der Waals surface area contributed by atoms with Crippen molar-refractivity contribution in [3.63, 3.8) is 0 Å². The number of carboxylic acid groups (broad SMARTS) is 1. The van der Waals surface area contributed by atoms with E-state index < -0.39 is 5.97 Å². The summed E-state index contributed by atoms with van der Waals surface area (Å²) in [5.74, 6) is 1.18. The van der Waals surface area contributed by atoms with Gasteiger partial charge in [0, 0.05) is 11.9 Å². The highest BCUT2D eigenvalue weighted by atomic mass is 16.6. The van der Waals surface area contributed by atoms with Gasteiger partial charge in [-0.3, -0.25) is 15.3 Å². The maximum Gasteiger partial charge on any atom is 0.339 e. The first-order valence-electron chi connectivity index (χ1n) is 4.16. The van der Waals surface area contributed by atoms with Crippen molar-refractivity contribution >= 4 is 11.7 Å². The third-order valence-corrected chi connectivity index (χ3v) is 1.61. The van der Waals surface area contributed by atoms with E-state index in [1.54, 1.807) is 13.0 Å². The molecule has 2 N–H and O–H groups in total. The molecule has 0 radical (unpaired) electrons. The average molecular weight is 206 g/mol. The second-order valence-corrected chi connectivity index (χ2v) is 2.77. The molecule has 0 amide bonds. The molecule has 0 saturated carbocycles. The third-order valence-electron chi connectivity index (χ3n) is 1.61. The van der Waals surface area contributed by atoms with Gasteiger partial charge < -0.3 is 5.11 Å². The van der Waals surface area contributed by atoms with E-state index in [0.29, 0.717) is 11.4 Å². The van der Waals surface area contributed by atoms with Crippen molar-refractivity contribution in [1.29, 1.82) is 0 Å². The van der Waals surface area contributed by atoms with Crippen LogP contribution < -0.4 is 5.48 Å². The number of anilines is 1. The largest absolute Gasteiger partial charge is 0.478 e. The van der Waals surface area contributed by atoms with Crippen LogP contribution in [0.5, 0.6) is 0 Å². The lowest BCUT2D eigenvalue weighted by Crippen LogP contribution is -2.08. The van der Waals surface area contributed by atoms with E-state index in [1.165, 1.54) is 6.20 Å². The highest BCUT2D eigenvalue weighted by Gasteiger charge is 2.10. The van der Waals surface area contributed by atoms with Crippen molar-refractivity contribution in [3.05, 3.63) is 23.5 Å². The van der Waals surface area contributed by atoms with Crippen LogP contribution in [-0.2, 0) is 4.84 Å². The number of nitrogens with one attached hydrogen (secondary N) is 1. The minimum atomic E-state index is -1.07. The highest BCUT2D eigenvalue weighted by molar-refractivity contribution is 5.93. The Morgan fingerprint density at radius 1 is 1.80 bits per heavy atom. The Hall–Kier alpha value is -2.06. The third kappa shape index (κ3) is 2.97. The lowest BCUT2D eigenvalue weighted by Gasteiger charge is -2.08. The Bertz CT molecular complexity index is 410. The molecule has 15 heavy (non-hydrogen) atoms. The van der Waals surface area contributed by atoms with Gasteiger partial charge in [-0.1, -0.05) is 5.92 Å². The van der Waals surface area contributed by atoms with Gasteiger partial charge in [0.25, 0.3) is 0 Å². The summed E-state index contributed by atoms with van der Waals surface area (Å²) in [7, 11) is 0. The summed E-state index contributed by atoms with van der Waals surface area (Å²) in [4.78, 5) is 19.5. The quantitative estimate of drug-likeness (QED) is 0.438. The zero-order valence-electron chi connectivity index (χ0n) is 8.15. The van der Waals surface area contributed by atoms with Crippen LogP contribution in [0.2, 0.25) is 0 Å². The van der Waals surface area contributed by atoms with Gasteiger partial charge in [-0.25, -0.2) is 4.79 Å². The molecular weight excluding hydrogens is 196 g/mol. The van der Waals surface area contributed by atoms with E-state index in [9.17, 15) is 4.79 Å². The van der Waals surface area contributed by atoms with Crippen LogP contribution in [0.25, 0.3) is 0 Å². The first-order chi connectivity index (χ1) is 7.15. The second kappa shape index (κ2) is 4.98. The van der Waals surface area contributed by atoms with Gasteiger partial charge in [0.15, 0.2) is 0 Å². The van der Waals surface area contributed by atoms with E-state index in [0.717, 1.165) is 0 Å². The summed E-state index contributed by atoms with van der Waals surface area (Å²) in [6.07, 6.45) is 6.24. The van der Waals surface area contributed by atoms with Crippen LogP contribution in [0.1, 0.15) is 16.1 Å². The van der Waals surface area contributed by atoms with Crippen molar-refractivity contribution in [3.8, 4) is 12.3 Å². The minimum absolute atomic E-state index is 0.0395. The molecule has 0 spiro atoms. The zero-order valence-corrected chi connectivity index (χ0v) is 8.15. The number of hydrogen-bond acceptors (Lipinski definition) is 4. The summed E-state index contributed by atoms with van der Waals surface area (Å²) < 4.78 is 0. The monoisotopic (exact) mass is 206 g/mol. The van der Waals surface area contributed by atoms with Gasteiger partial charge in [0.1, 0.15) is 12.2 Å². The maximum absolute atomic E-state index is 10.8. The molecule has 0 unspecified atom stereocenters. The van der Waals surface area contributed by atoms with Gasteiger partial charge in [0.05, 0.1) is 5.69 Å². The van der Waals surface area contributed by atoms with E-state index in [2.05, 4.69) is 16.4 Å². The van der Waals surface area contributed by atoms with Gasteiger partial charge in [0.2, 0.25) is 0 Å². The second-order valence-electron chi connectivity index (χ2n) is 2.77. The molecule has 0 atom stereocenters. The number of carboxylic acids is 1. The maximum atomic E-state index is 10.8. The number of hydrogen-bond donors (Lipinski definition) is 2. The fourth-order valence-electron chi connectivity index (χ4n) is 0.970. The van der Waals surface area contributed by atoms with Crippen LogP contribution in [0.4, 0.5) is 5.69 Å². The SMILES string of the molecule is C#CCONc1cc(C)ncc1C(=O)O. The number of pyridine rings is 1. The molecule has 5 heteroatoms.